The van der Waals surface area contributed by atoms with Crippen molar-refractivity contribution in [2.75, 3.05) is 5.75 Å². The number of hydrogen-bond acceptors (Lipinski definition) is 2. The summed E-state index contributed by atoms with van der Waals surface area (Å²) in [5, 5.41) is 10.0. The third-order valence-electron chi connectivity index (χ3n) is 1.45. The second-order valence-electron chi connectivity index (χ2n) is 2.69. The first-order chi connectivity index (χ1) is 6.20. The average molecular weight is 265 g/mol. The van der Waals surface area contributed by atoms with Crippen molar-refractivity contribution in [1.29, 1.82) is 0 Å². The second kappa shape index (κ2) is 8.89. The Morgan fingerprint density at radius 3 is 2.92 bits per heavy atom. The van der Waals surface area contributed by atoms with Crippen LogP contribution in [0.3, 0.4) is 0 Å². The minimum absolute atomic E-state index is 0.344. The number of unbranched alkanes of at least 4 members (excludes halogenated alkanes) is 1. The van der Waals surface area contributed by atoms with Crippen LogP contribution in [0.5, 0.6) is 0 Å². The molecule has 0 aromatic rings. The molecule has 1 atom stereocenters. The molecule has 0 aliphatic rings. The molecule has 76 valence electrons. The molecule has 0 saturated heterocycles. The minimum atomic E-state index is -0.344. The van der Waals surface area contributed by atoms with Crippen molar-refractivity contribution in [3.63, 3.8) is 0 Å². The molecule has 1 nitrogen and oxygen atoms in total. The van der Waals surface area contributed by atoms with E-state index in [1.165, 1.54) is 22.4 Å². The zero-order chi connectivity index (χ0) is 10.1. The van der Waals surface area contributed by atoms with Crippen molar-refractivity contribution >= 4 is 26.7 Å². The molecule has 0 aliphatic carbocycles. The van der Waals surface area contributed by atoms with Gasteiger partial charge >= 0.3 is 91.8 Å². The molecule has 0 aromatic heterocycles. The number of aliphatic hydroxyl groups excluding tert-OH is 1. The monoisotopic (exact) mass is 266 g/mol. The predicted octanol–water partition coefficient (Wildman–Crippen LogP) is 2.66. The van der Waals surface area contributed by atoms with Gasteiger partial charge in [-0.15, -0.1) is 0 Å². The maximum atomic E-state index is 9.23. The maximum absolute atomic E-state index is 9.23. The van der Waals surface area contributed by atoms with E-state index in [1.54, 1.807) is 6.08 Å². The van der Waals surface area contributed by atoms with Crippen LogP contribution in [0, 0.1) is 0 Å². The first-order valence-electron chi connectivity index (χ1n) is 4.45. The van der Waals surface area contributed by atoms with E-state index in [2.05, 4.69) is 20.1 Å². The number of aliphatic hydroxyl groups is 1. The van der Waals surface area contributed by atoms with Gasteiger partial charge in [-0.05, 0) is 0 Å². The van der Waals surface area contributed by atoms with Crippen molar-refractivity contribution in [1.82, 2.24) is 0 Å². The van der Waals surface area contributed by atoms with Crippen LogP contribution in [0.4, 0.5) is 0 Å². The van der Waals surface area contributed by atoms with Gasteiger partial charge in [0.25, 0.3) is 0 Å². The van der Waals surface area contributed by atoms with E-state index in [4.69, 9.17) is 0 Å². The molecular formula is C10H18OSSe. The van der Waals surface area contributed by atoms with Gasteiger partial charge in [0, 0.05) is 0 Å². The normalized spacial score (nSPS) is 12.5. The third-order valence-corrected chi connectivity index (χ3v) is 5.36. The van der Waals surface area contributed by atoms with Gasteiger partial charge in [0.2, 0.25) is 0 Å². The van der Waals surface area contributed by atoms with Crippen molar-refractivity contribution in [3.05, 3.63) is 23.0 Å². The predicted molar refractivity (Wildman–Crippen MR) is 63.3 cm³/mol. The van der Waals surface area contributed by atoms with Gasteiger partial charge in [0.1, 0.15) is 0 Å². The topological polar surface area (TPSA) is 20.2 Å². The van der Waals surface area contributed by atoms with Gasteiger partial charge in [-0.1, -0.05) is 0 Å². The summed E-state index contributed by atoms with van der Waals surface area (Å²) in [6, 6.07) is 0. The Hall–Kier alpha value is 0.309. The fourth-order valence-electron chi connectivity index (χ4n) is 0.618. The van der Waals surface area contributed by atoms with E-state index in [9.17, 15) is 5.11 Å². The molecule has 0 amide bonds. The van der Waals surface area contributed by atoms with Crippen LogP contribution in [0.15, 0.2) is 23.0 Å². The van der Waals surface area contributed by atoms with Gasteiger partial charge in [-0.3, -0.25) is 0 Å². The van der Waals surface area contributed by atoms with E-state index in [0.717, 1.165) is 5.32 Å². The van der Waals surface area contributed by atoms with Crippen LogP contribution in [0.1, 0.15) is 19.8 Å². The van der Waals surface area contributed by atoms with Crippen molar-refractivity contribution < 1.29 is 5.11 Å². The molecule has 13 heavy (non-hydrogen) atoms. The van der Waals surface area contributed by atoms with E-state index >= 15 is 0 Å². The summed E-state index contributed by atoms with van der Waals surface area (Å²) in [4.78, 5) is 0. The molecule has 0 rings (SSSR count). The SMILES string of the molecule is C=CC(O)C[Se]C(=C)SCCCC. The zero-order valence-corrected chi connectivity index (χ0v) is 10.7. The Morgan fingerprint density at radius 2 is 2.38 bits per heavy atom. The van der Waals surface area contributed by atoms with Gasteiger partial charge in [0.15, 0.2) is 0 Å². The van der Waals surface area contributed by atoms with Crippen LogP contribution in [0.25, 0.3) is 0 Å². The first-order valence-corrected chi connectivity index (χ1v) is 7.51. The van der Waals surface area contributed by atoms with E-state index in [-0.39, 0.29) is 6.10 Å². The Kier molecular flexibility index (Phi) is 9.10. The summed E-state index contributed by atoms with van der Waals surface area (Å²) in [5.74, 6) is 1.17. The number of rotatable bonds is 8. The summed E-state index contributed by atoms with van der Waals surface area (Å²) in [5.41, 5.74) is 0. The Bertz CT molecular complexity index is 159. The van der Waals surface area contributed by atoms with Gasteiger partial charge < -0.3 is 0 Å². The summed E-state index contributed by atoms with van der Waals surface area (Å²) in [7, 11) is 0. The Labute approximate surface area is 91.8 Å². The van der Waals surface area contributed by atoms with Gasteiger partial charge in [0.05, 0.1) is 0 Å². The zero-order valence-electron chi connectivity index (χ0n) is 8.16. The van der Waals surface area contributed by atoms with E-state index in [0.29, 0.717) is 15.0 Å². The van der Waals surface area contributed by atoms with Crippen molar-refractivity contribution in [2.24, 2.45) is 0 Å². The molecule has 3 heteroatoms. The van der Waals surface area contributed by atoms with E-state index < -0.39 is 0 Å². The molecule has 0 aromatic carbocycles. The van der Waals surface area contributed by atoms with E-state index in [1.807, 2.05) is 11.8 Å². The molecule has 0 fully saturated rings. The third kappa shape index (κ3) is 8.63. The summed E-state index contributed by atoms with van der Waals surface area (Å²) in [6.45, 7) is 9.71. The Balaban J connectivity index is 3.35. The molecular weight excluding hydrogens is 247 g/mol. The molecule has 0 saturated carbocycles. The fraction of sp³-hybridized carbons (Fsp3) is 0.600. The fourth-order valence-corrected chi connectivity index (χ4v) is 3.80. The van der Waals surface area contributed by atoms with Crippen LogP contribution < -0.4 is 0 Å². The molecule has 0 radical (unpaired) electrons. The Morgan fingerprint density at radius 1 is 1.69 bits per heavy atom. The molecule has 1 unspecified atom stereocenters. The number of thioether (sulfide) groups is 1. The molecule has 0 aliphatic heterocycles. The summed E-state index contributed by atoms with van der Waals surface area (Å²) < 4.78 is 1.24. The quantitative estimate of drug-likeness (QED) is 0.413. The summed E-state index contributed by atoms with van der Waals surface area (Å²) >= 11 is 2.19. The van der Waals surface area contributed by atoms with Crippen molar-refractivity contribution in [2.45, 2.75) is 31.2 Å². The second-order valence-corrected chi connectivity index (χ2v) is 6.80. The van der Waals surface area contributed by atoms with Crippen LogP contribution in [0.2, 0.25) is 5.32 Å². The van der Waals surface area contributed by atoms with Crippen LogP contribution in [-0.2, 0) is 0 Å². The van der Waals surface area contributed by atoms with Crippen LogP contribution in [-0.4, -0.2) is 31.9 Å². The molecule has 0 heterocycles. The van der Waals surface area contributed by atoms with Gasteiger partial charge in [-0.25, -0.2) is 0 Å². The van der Waals surface area contributed by atoms with Gasteiger partial charge in [-0.2, -0.15) is 0 Å². The summed E-state index contributed by atoms with van der Waals surface area (Å²) in [6.07, 6.45) is 3.74. The van der Waals surface area contributed by atoms with Crippen molar-refractivity contribution in [3.8, 4) is 0 Å². The molecule has 0 bridgehead atoms. The van der Waals surface area contributed by atoms with Crippen LogP contribution >= 0.6 is 11.8 Å². The number of hydrogen-bond donors (Lipinski definition) is 1. The molecule has 1 N–H and O–H groups in total. The standard InChI is InChI=1S/C10H18OSSe/c1-4-6-7-12-9(3)13-8-10(11)5-2/h5,10-11H,2-4,6-8H2,1H3. The average Bonchev–Trinajstić information content (AvgIpc) is 2.14. The molecule has 0 spiro atoms. The first kappa shape index (κ1) is 13.3.